The number of carbonyl (C=O) groups is 2. The first-order valence-electron chi connectivity index (χ1n) is 9.94. The molecule has 0 unspecified atom stereocenters. The summed E-state index contributed by atoms with van der Waals surface area (Å²) in [5.74, 6) is 0.720. The maximum absolute atomic E-state index is 12.5. The van der Waals surface area contributed by atoms with Crippen molar-refractivity contribution in [3.8, 4) is 0 Å². The van der Waals surface area contributed by atoms with Crippen LogP contribution < -0.4 is 5.32 Å². The van der Waals surface area contributed by atoms with E-state index in [-0.39, 0.29) is 6.03 Å². The molecule has 1 N–H and O–H groups in total. The van der Waals surface area contributed by atoms with E-state index in [0.717, 1.165) is 63.1 Å². The number of benzene rings is 1. The van der Waals surface area contributed by atoms with Crippen LogP contribution in [0.5, 0.6) is 0 Å². The molecule has 2 saturated heterocycles. The Hall–Kier alpha value is -2.04. The van der Waals surface area contributed by atoms with E-state index in [1.54, 1.807) is 0 Å². The second-order valence-electron chi connectivity index (χ2n) is 7.82. The molecule has 142 valence electrons. The van der Waals surface area contributed by atoms with Gasteiger partial charge in [0, 0.05) is 38.3 Å². The Balaban J connectivity index is 1.45. The average Bonchev–Trinajstić information content (AvgIpc) is 2.65. The molecule has 0 spiro atoms. The van der Waals surface area contributed by atoms with E-state index in [0.29, 0.717) is 18.2 Å². The highest BCUT2D eigenvalue weighted by atomic mass is 16.2. The molecule has 5 heteroatoms. The van der Waals surface area contributed by atoms with Gasteiger partial charge in [0.2, 0.25) is 5.91 Å². The number of nitrogens with one attached hydrogen (secondary N) is 1. The third kappa shape index (κ3) is 4.77. The van der Waals surface area contributed by atoms with Crippen molar-refractivity contribution < 1.29 is 9.59 Å². The quantitative estimate of drug-likeness (QED) is 0.890. The van der Waals surface area contributed by atoms with Crippen LogP contribution in [0.3, 0.4) is 0 Å². The van der Waals surface area contributed by atoms with E-state index in [1.165, 1.54) is 12.0 Å². The van der Waals surface area contributed by atoms with Crippen LogP contribution in [0.1, 0.15) is 49.7 Å². The second kappa shape index (κ2) is 8.56. The van der Waals surface area contributed by atoms with Crippen molar-refractivity contribution >= 4 is 17.6 Å². The predicted octanol–water partition coefficient (Wildman–Crippen LogP) is 3.95. The number of hydrogen-bond acceptors (Lipinski definition) is 2. The molecule has 3 amide bonds. The number of piperidine rings is 2. The van der Waals surface area contributed by atoms with Crippen LogP contribution in [-0.2, 0) is 4.79 Å². The summed E-state index contributed by atoms with van der Waals surface area (Å²) in [7, 11) is 0. The zero-order chi connectivity index (χ0) is 18.5. The summed E-state index contributed by atoms with van der Waals surface area (Å²) in [5, 5.41) is 3.03. The van der Waals surface area contributed by atoms with Crippen molar-refractivity contribution in [3.63, 3.8) is 0 Å². The lowest BCUT2D eigenvalue weighted by atomic mass is 9.92. The molecule has 0 aromatic heterocycles. The highest BCUT2D eigenvalue weighted by Crippen LogP contribution is 2.24. The van der Waals surface area contributed by atoms with Crippen LogP contribution in [0.2, 0.25) is 0 Å². The van der Waals surface area contributed by atoms with Crippen molar-refractivity contribution in [2.45, 2.75) is 52.4 Å². The predicted molar refractivity (Wildman–Crippen MR) is 104 cm³/mol. The van der Waals surface area contributed by atoms with Crippen LogP contribution in [-0.4, -0.2) is 47.9 Å². The van der Waals surface area contributed by atoms with E-state index in [4.69, 9.17) is 0 Å². The summed E-state index contributed by atoms with van der Waals surface area (Å²) < 4.78 is 0. The molecule has 2 heterocycles. The fraction of sp³-hybridized carbons (Fsp3) is 0.619. The number of urea groups is 1. The zero-order valence-electron chi connectivity index (χ0n) is 16.1. The number of amides is 3. The number of hydrogen-bond donors (Lipinski definition) is 1. The normalized spacial score (nSPS) is 18.7. The highest BCUT2D eigenvalue weighted by Gasteiger charge is 2.26. The lowest BCUT2D eigenvalue weighted by Gasteiger charge is -2.33. The number of carbonyl (C=O) groups excluding carboxylic acids is 2. The van der Waals surface area contributed by atoms with Gasteiger partial charge < -0.3 is 15.1 Å². The summed E-state index contributed by atoms with van der Waals surface area (Å²) in [6.45, 7) is 7.38. The molecule has 0 radical (unpaired) electrons. The van der Waals surface area contributed by atoms with E-state index >= 15 is 0 Å². The third-order valence-corrected chi connectivity index (χ3v) is 5.70. The van der Waals surface area contributed by atoms with Gasteiger partial charge >= 0.3 is 6.03 Å². The molecule has 0 saturated carbocycles. The van der Waals surface area contributed by atoms with Gasteiger partial charge in [0.25, 0.3) is 0 Å². The van der Waals surface area contributed by atoms with Crippen LogP contribution in [0.15, 0.2) is 18.2 Å². The van der Waals surface area contributed by atoms with Crippen molar-refractivity contribution in [2.75, 3.05) is 31.5 Å². The molecule has 26 heavy (non-hydrogen) atoms. The third-order valence-electron chi connectivity index (χ3n) is 5.70. The van der Waals surface area contributed by atoms with Crippen molar-refractivity contribution in [1.82, 2.24) is 9.80 Å². The van der Waals surface area contributed by atoms with Gasteiger partial charge in [-0.2, -0.15) is 0 Å². The van der Waals surface area contributed by atoms with Crippen molar-refractivity contribution in [1.29, 1.82) is 0 Å². The van der Waals surface area contributed by atoms with E-state index in [1.807, 2.05) is 28.9 Å². The van der Waals surface area contributed by atoms with E-state index < -0.39 is 0 Å². The first kappa shape index (κ1) is 18.7. The van der Waals surface area contributed by atoms with Gasteiger partial charge in [-0.05, 0) is 63.5 Å². The molecule has 5 nitrogen and oxygen atoms in total. The number of rotatable bonds is 3. The van der Waals surface area contributed by atoms with E-state index in [9.17, 15) is 9.59 Å². The molecule has 0 bridgehead atoms. The molecule has 2 aliphatic heterocycles. The fourth-order valence-electron chi connectivity index (χ4n) is 4.01. The number of nitrogens with zero attached hydrogens (tertiary/aromatic N) is 2. The summed E-state index contributed by atoms with van der Waals surface area (Å²) >= 11 is 0. The minimum Gasteiger partial charge on any atom is -0.343 e. The van der Waals surface area contributed by atoms with Gasteiger partial charge in [0.1, 0.15) is 0 Å². The highest BCUT2D eigenvalue weighted by molar-refractivity contribution is 5.90. The number of aryl methyl sites for hydroxylation is 2. The van der Waals surface area contributed by atoms with Crippen LogP contribution >= 0.6 is 0 Å². The first-order valence-corrected chi connectivity index (χ1v) is 9.94. The SMILES string of the molecule is Cc1ccc(NC(=O)N2CCC(CC(=O)N3CCCCC3)CC2)c(C)c1. The molecule has 1 aromatic rings. The van der Waals surface area contributed by atoms with Crippen molar-refractivity contribution in [3.05, 3.63) is 29.3 Å². The number of likely N-dealkylation sites (tertiary alicyclic amines) is 2. The molecule has 3 rings (SSSR count). The lowest BCUT2D eigenvalue weighted by Crippen LogP contribution is -2.42. The average molecular weight is 357 g/mol. The largest absolute Gasteiger partial charge is 0.343 e. The van der Waals surface area contributed by atoms with E-state index in [2.05, 4.69) is 18.3 Å². The minimum atomic E-state index is -0.0299. The number of anilines is 1. The van der Waals surface area contributed by atoms with Gasteiger partial charge in [0.05, 0.1) is 0 Å². The Morgan fingerprint density at radius 2 is 1.69 bits per heavy atom. The molecule has 0 aliphatic carbocycles. The summed E-state index contributed by atoms with van der Waals surface area (Å²) in [6, 6.07) is 6.03. The molecule has 2 aliphatic rings. The second-order valence-corrected chi connectivity index (χ2v) is 7.82. The van der Waals surface area contributed by atoms with Crippen LogP contribution in [0.25, 0.3) is 0 Å². The zero-order valence-corrected chi connectivity index (χ0v) is 16.1. The molecule has 2 fully saturated rings. The maximum Gasteiger partial charge on any atom is 0.321 e. The molecular formula is C21H31N3O2. The van der Waals surface area contributed by atoms with Gasteiger partial charge in [-0.3, -0.25) is 4.79 Å². The van der Waals surface area contributed by atoms with Crippen LogP contribution in [0.4, 0.5) is 10.5 Å². The fourth-order valence-corrected chi connectivity index (χ4v) is 4.01. The van der Waals surface area contributed by atoms with Crippen LogP contribution in [0, 0.1) is 19.8 Å². The Morgan fingerprint density at radius 1 is 1.00 bits per heavy atom. The Kier molecular flexibility index (Phi) is 6.17. The maximum atomic E-state index is 12.5. The molecule has 0 atom stereocenters. The Bertz CT molecular complexity index is 645. The summed E-state index contributed by atoms with van der Waals surface area (Å²) in [6.07, 6.45) is 6.01. The lowest BCUT2D eigenvalue weighted by molar-refractivity contribution is -0.133. The monoisotopic (exact) mass is 357 g/mol. The first-order chi connectivity index (χ1) is 12.5. The van der Waals surface area contributed by atoms with Gasteiger partial charge in [0.15, 0.2) is 0 Å². The Labute approximate surface area is 156 Å². The van der Waals surface area contributed by atoms with Gasteiger partial charge in [-0.1, -0.05) is 17.7 Å². The van der Waals surface area contributed by atoms with Crippen molar-refractivity contribution in [2.24, 2.45) is 5.92 Å². The Morgan fingerprint density at radius 3 is 2.35 bits per heavy atom. The molecule has 1 aromatic carbocycles. The van der Waals surface area contributed by atoms with Gasteiger partial charge in [-0.15, -0.1) is 0 Å². The smallest absolute Gasteiger partial charge is 0.321 e. The molecular weight excluding hydrogens is 326 g/mol. The standard InChI is InChI=1S/C21H31N3O2/c1-16-6-7-19(17(2)14-16)22-21(26)24-12-8-18(9-13-24)15-20(25)23-10-4-3-5-11-23/h6-7,14,18H,3-5,8-13,15H2,1-2H3,(H,22,26). The van der Waals surface area contributed by atoms with Gasteiger partial charge in [-0.25, -0.2) is 4.79 Å². The minimum absolute atomic E-state index is 0.0299. The summed E-state index contributed by atoms with van der Waals surface area (Å²) in [5.41, 5.74) is 3.16. The summed E-state index contributed by atoms with van der Waals surface area (Å²) in [4.78, 5) is 28.8. The topological polar surface area (TPSA) is 52.7 Å².